The maximum Gasteiger partial charge on any atom is 0.373 e. The molecule has 1 unspecified atom stereocenters. The van der Waals surface area contributed by atoms with Crippen LogP contribution in [0.15, 0.2) is 4.42 Å². The third kappa shape index (κ3) is 2.41. The molecule has 88 valence electrons. The Morgan fingerprint density at radius 2 is 2.38 bits per heavy atom. The molecule has 1 aliphatic heterocycles. The first-order chi connectivity index (χ1) is 7.66. The molecule has 2 heterocycles. The monoisotopic (exact) mass is 225 g/mol. The molecule has 0 aliphatic carbocycles. The fraction of sp³-hybridized carbons (Fsp3) is 0.636. The fourth-order valence-electron chi connectivity index (χ4n) is 1.90. The van der Waals surface area contributed by atoms with Crippen molar-refractivity contribution in [2.45, 2.75) is 38.7 Å². The lowest BCUT2D eigenvalue weighted by atomic mass is 10.1. The van der Waals surface area contributed by atoms with E-state index in [1.165, 1.54) is 0 Å². The fourth-order valence-corrected chi connectivity index (χ4v) is 1.90. The average molecular weight is 225 g/mol. The molecule has 1 atom stereocenters. The van der Waals surface area contributed by atoms with Crippen molar-refractivity contribution < 1.29 is 19.1 Å². The second-order valence-electron chi connectivity index (χ2n) is 4.02. The normalized spacial score (nSPS) is 20.9. The molecule has 1 aliphatic rings. The van der Waals surface area contributed by atoms with E-state index in [1.54, 1.807) is 6.92 Å². The van der Waals surface area contributed by atoms with Gasteiger partial charge in [0.25, 0.3) is 0 Å². The van der Waals surface area contributed by atoms with Gasteiger partial charge in [-0.1, -0.05) is 0 Å². The lowest BCUT2D eigenvalue weighted by Crippen LogP contribution is -2.21. The minimum absolute atomic E-state index is 0.0641. The van der Waals surface area contributed by atoms with E-state index in [-0.39, 0.29) is 11.9 Å². The summed E-state index contributed by atoms with van der Waals surface area (Å²) in [5.41, 5.74) is 0.429. The number of aryl methyl sites for hydroxylation is 1. The maximum atomic E-state index is 10.8. The Bertz CT molecular complexity index is 379. The van der Waals surface area contributed by atoms with E-state index in [4.69, 9.17) is 14.3 Å². The van der Waals surface area contributed by atoms with Crippen molar-refractivity contribution >= 4 is 5.97 Å². The van der Waals surface area contributed by atoms with Gasteiger partial charge in [0.1, 0.15) is 0 Å². The molecule has 1 saturated heterocycles. The number of carboxylic acid groups (broad SMARTS) is 1. The summed E-state index contributed by atoms with van der Waals surface area (Å²) >= 11 is 0. The molecule has 2 rings (SSSR count). The van der Waals surface area contributed by atoms with Crippen LogP contribution in [0.25, 0.3) is 0 Å². The zero-order valence-corrected chi connectivity index (χ0v) is 9.23. The molecule has 0 radical (unpaired) electrons. The van der Waals surface area contributed by atoms with Crippen LogP contribution in [0.2, 0.25) is 0 Å². The Kier molecular flexibility index (Phi) is 3.24. The smallest absolute Gasteiger partial charge is 0.373 e. The number of aromatic nitrogens is 1. The number of hydrogen-bond acceptors (Lipinski definition) is 4. The van der Waals surface area contributed by atoms with Gasteiger partial charge in [-0.25, -0.2) is 9.78 Å². The van der Waals surface area contributed by atoms with Gasteiger partial charge in [-0.3, -0.25) is 0 Å². The molecule has 1 aromatic rings. The Balaban J connectivity index is 2.03. The summed E-state index contributed by atoms with van der Waals surface area (Å²) in [6, 6.07) is 0. The number of carboxylic acids is 1. The summed E-state index contributed by atoms with van der Waals surface area (Å²) in [5.74, 6) is -0.673. The number of oxazole rings is 1. The zero-order chi connectivity index (χ0) is 11.5. The SMILES string of the molecule is Cc1nc(CC2CCCCO2)oc1C(=O)O. The Hall–Kier alpha value is -1.36. The van der Waals surface area contributed by atoms with Crippen LogP contribution >= 0.6 is 0 Å². The lowest BCUT2D eigenvalue weighted by molar-refractivity contribution is 0.0129. The topological polar surface area (TPSA) is 72.6 Å². The van der Waals surface area contributed by atoms with E-state index in [2.05, 4.69) is 4.98 Å². The minimum Gasteiger partial charge on any atom is -0.475 e. The van der Waals surface area contributed by atoms with Crippen LogP contribution in [-0.2, 0) is 11.2 Å². The van der Waals surface area contributed by atoms with Crippen LogP contribution in [0.3, 0.4) is 0 Å². The summed E-state index contributed by atoms with van der Waals surface area (Å²) in [6.45, 7) is 2.41. The lowest BCUT2D eigenvalue weighted by Gasteiger charge is -2.20. The van der Waals surface area contributed by atoms with Gasteiger partial charge in [0.15, 0.2) is 5.89 Å². The van der Waals surface area contributed by atoms with E-state index < -0.39 is 5.97 Å². The third-order valence-electron chi connectivity index (χ3n) is 2.71. The van der Waals surface area contributed by atoms with Gasteiger partial charge in [0, 0.05) is 6.61 Å². The van der Waals surface area contributed by atoms with Crippen molar-refractivity contribution in [1.29, 1.82) is 0 Å². The predicted octanol–water partition coefficient (Wildman–Crippen LogP) is 1.79. The van der Waals surface area contributed by atoms with Crippen molar-refractivity contribution in [1.82, 2.24) is 4.98 Å². The van der Waals surface area contributed by atoms with Gasteiger partial charge >= 0.3 is 5.97 Å². The van der Waals surface area contributed by atoms with E-state index in [0.717, 1.165) is 25.9 Å². The molecule has 5 nitrogen and oxygen atoms in total. The maximum absolute atomic E-state index is 10.8. The molecule has 5 heteroatoms. The van der Waals surface area contributed by atoms with Gasteiger partial charge in [0.05, 0.1) is 18.2 Å². The summed E-state index contributed by atoms with van der Waals surface area (Å²) in [7, 11) is 0. The van der Waals surface area contributed by atoms with Gasteiger partial charge < -0.3 is 14.3 Å². The molecule has 0 amide bonds. The molecule has 1 N–H and O–H groups in total. The number of rotatable bonds is 3. The Morgan fingerprint density at radius 1 is 1.56 bits per heavy atom. The predicted molar refractivity (Wildman–Crippen MR) is 55.5 cm³/mol. The summed E-state index contributed by atoms with van der Waals surface area (Å²) in [4.78, 5) is 14.9. The standard InChI is InChI=1S/C11H15NO4/c1-7-10(11(13)14)16-9(12-7)6-8-4-2-3-5-15-8/h8H,2-6H2,1H3,(H,13,14). The first-order valence-corrected chi connectivity index (χ1v) is 5.48. The van der Waals surface area contributed by atoms with Crippen LogP contribution in [0.4, 0.5) is 0 Å². The van der Waals surface area contributed by atoms with E-state index in [9.17, 15) is 4.79 Å². The van der Waals surface area contributed by atoms with Gasteiger partial charge in [-0.05, 0) is 26.2 Å². The molecule has 0 aromatic carbocycles. The number of nitrogens with zero attached hydrogens (tertiary/aromatic N) is 1. The molecule has 1 aromatic heterocycles. The first-order valence-electron chi connectivity index (χ1n) is 5.48. The van der Waals surface area contributed by atoms with Crippen molar-refractivity contribution in [3.8, 4) is 0 Å². The van der Waals surface area contributed by atoms with Crippen LogP contribution in [0.5, 0.6) is 0 Å². The van der Waals surface area contributed by atoms with Crippen LogP contribution < -0.4 is 0 Å². The van der Waals surface area contributed by atoms with Crippen molar-refractivity contribution in [2.75, 3.05) is 6.61 Å². The second kappa shape index (κ2) is 4.65. The molecular formula is C11H15NO4. The highest BCUT2D eigenvalue weighted by Gasteiger charge is 2.20. The van der Waals surface area contributed by atoms with E-state index in [1.807, 2.05) is 0 Å². The molecule has 0 bridgehead atoms. The van der Waals surface area contributed by atoms with Gasteiger partial charge in [-0.2, -0.15) is 0 Å². The largest absolute Gasteiger partial charge is 0.475 e. The molecule has 0 spiro atoms. The Labute approximate surface area is 93.4 Å². The number of hydrogen-bond donors (Lipinski definition) is 1. The van der Waals surface area contributed by atoms with E-state index >= 15 is 0 Å². The Morgan fingerprint density at radius 3 is 2.94 bits per heavy atom. The molecule has 16 heavy (non-hydrogen) atoms. The molecule has 0 saturated carbocycles. The zero-order valence-electron chi connectivity index (χ0n) is 9.23. The number of carbonyl (C=O) groups is 1. The average Bonchev–Trinajstić information content (AvgIpc) is 2.61. The van der Waals surface area contributed by atoms with Crippen LogP contribution in [-0.4, -0.2) is 28.8 Å². The quantitative estimate of drug-likeness (QED) is 0.849. The molecule has 1 fully saturated rings. The first kappa shape index (κ1) is 11.1. The summed E-state index contributed by atoms with van der Waals surface area (Å²) in [5, 5.41) is 8.82. The highest BCUT2D eigenvalue weighted by molar-refractivity contribution is 5.85. The third-order valence-corrected chi connectivity index (χ3v) is 2.71. The van der Waals surface area contributed by atoms with Crippen molar-refractivity contribution in [3.05, 3.63) is 17.3 Å². The molecular weight excluding hydrogens is 210 g/mol. The summed E-state index contributed by atoms with van der Waals surface area (Å²) < 4.78 is 10.7. The minimum atomic E-state index is -1.07. The van der Waals surface area contributed by atoms with Gasteiger partial charge in [0.2, 0.25) is 5.76 Å². The highest BCUT2D eigenvalue weighted by Crippen LogP contribution is 2.18. The van der Waals surface area contributed by atoms with Crippen LogP contribution in [0, 0.1) is 6.92 Å². The number of aromatic carboxylic acids is 1. The summed E-state index contributed by atoms with van der Waals surface area (Å²) in [6.07, 6.45) is 3.92. The van der Waals surface area contributed by atoms with Crippen LogP contribution in [0.1, 0.15) is 41.4 Å². The second-order valence-corrected chi connectivity index (χ2v) is 4.02. The number of ether oxygens (including phenoxy) is 1. The van der Waals surface area contributed by atoms with Gasteiger partial charge in [-0.15, -0.1) is 0 Å². The van der Waals surface area contributed by atoms with E-state index in [0.29, 0.717) is 18.0 Å². The highest BCUT2D eigenvalue weighted by atomic mass is 16.5. The van der Waals surface area contributed by atoms with Crippen molar-refractivity contribution in [3.63, 3.8) is 0 Å². The van der Waals surface area contributed by atoms with Crippen molar-refractivity contribution in [2.24, 2.45) is 0 Å².